The number of para-hydroxylation sites is 1. The summed E-state index contributed by atoms with van der Waals surface area (Å²) in [4.78, 5) is 5.02. The van der Waals surface area contributed by atoms with E-state index in [9.17, 15) is 0 Å². The second-order valence-corrected chi connectivity index (χ2v) is 9.04. The smallest absolute Gasteiger partial charge is 0.0664 e. The molecule has 6 heteroatoms. The molecule has 31 heavy (non-hydrogen) atoms. The van der Waals surface area contributed by atoms with Gasteiger partial charge in [0.05, 0.1) is 27.6 Å². The molecule has 3 aromatic rings. The zero-order valence-electron chi connectivity index (χ0n) is 17.5. The van der Waals surface area contributed by atoms with Gasteiger partial charge in [-0.15, -0.1) is 0 Å². The lowest BCUT2D eigenvalue weighted by molar-refractivity contribution is 0.284. The molecule has 2 aliphatic rings. The Hall–Kier alpha value is -2.27. The van der Waals surface area contributed by atoms with Gasteiger partial charge in [0.2, 0.25) is 0 Å². The van der Waals surface area contributed by atoms with Crippen LogP contribution in [0.5, 0.6) is 0 Å². The van der Waals surface area contributed by atoms with Crippen molar-refractivity contribution in [2.45, 2.75) is 19.3 Å². The number of benzene rings is 2. The molecule has 0 bridgehead atoms. The molecule has 0 atom stereocenters. The lowest BCUT2D eigenvalue weighted by Gasteiger charge is -2.35. The third-order valence-electron chi connectivity index (χ3n) is 6.31. The zero-order valence-corrected chi connectivity index (χ0v) is 19.0. The first kappa shape index (κ1) is 20.6. The van der Waals surface area contributed by atoms with Gasteiger partial charge in [0.1, 0.15) is 0 Å². The number of fused-ring (bicyclic) bond motifs is 1. The van der Waals surface area contributed by atoms with Crippen LogP contribution in [0.3, 0.4) is 0 Å². The maximum Gasteiger partial charge on any atom is 0.0664 e. The summed E-state index contributed by atoms with van der Waals surface area (Å²) in [5.74, 6) is 0. The minimum absolute atomic E-state index is 0.560. The van der Waals surface area contributed by atoms with Gasteiger partial charge in [-0.3, -0.25) is 4.90 Å². The highest BCUT2D eigenvalue weighted by molar-refractivity contribution is 6.42. The second-order valence-electron chi connectivity index (χ2n) is 8.22. The topological polar surface area (TPSA) is 24.3 Å². The van der Waals surface area contributed by atoms with Crippen molar-refractivity contribution in [2.24, 2.45) is 0 Å². The molecule has 1 aliphatic carbocycles. The molecule has 0 amide bonds. The lowest BCUT2D eigenvalue weighted by Crippen LogP contribution is -2.46. The Morgan fingerprint density at radius 2 is 1.68 bits per heavy atom. The molecule has 0 radical (unpaired) electrons. The van der Waals surface area contributed by atoms with Gasteiger partial charge in [0.15, 0.2) is 0 Å². The van der Waals surface area contributed by atoms with Crippen molar-refractivity contribution in [3.05, 3.63) is 82.1 Å². The number of rotatable bonds is 4. The van der Waals surface area contributed by atoms with E-state index in [0.717, 1.165) is 57.7 Å². The fraction of sp³-hybridized carbons (Fsp3) is 0.320. The van der Waals surface area contributed by atoms with E-state index in [-0.39, 0.29) is 0 Å². The largest absolute Gasteiger partial charge is 0.369 e. The minimum atomic E-state index is 0.560. The van der Waals surface area contributed by atoms with Crippen molar-refractivity contribution in [1.82, 2.24) is 14.7 Å². The average Bonchev–Trinajstić information content (AvgIpc) is 3.25. The number of aromatic nitrogens is 2. The van der Waals surface area contributed by atoms with Crippen molar-refractivity contribution >= 4 is 34.5 Å². The molecule has 2 heterocycles. The van der Waals surface area contributed by atoms with Crippen molar-refractivity contribution in [3.63, 3.8) is 0 Å². The van der Waals surface area contributed by atoms with Gasteiger partial charge in [-0.2, -0.15) is 5.10 Å². The normalized spacial score (nSPS) is 18.4. The van der Waals surface area contributed by atoms with Crippen LogP contribution in [0, 0.1) is 0 Å². The van der Waals surface area contributed by atoms with Gasteiger partial charge >= 0.3 is 0 Å². The van der Waals surface area contributed by atoms with E-state index >= 15 is 0 Å². The maximum atomic E-state index is 6.23. The molecule has 1 aromatic heterocycles. The summed E-state index contributed by atoms with van der Waals surface area (Å²) < 4.78 is 2.02. The minimum Gasteiger partial charge on any atom is -0.369 e. The Balaban J connectivity index is 1.28. The van der Waals surface area contributed by atoms with Crippen molar-refractivity contribution in [1.29, 1.82) is 0 Å². The summed E-state index contributed by atoms with van der Waals surface area (Å²) in [6.45, 7) is 5.33. The number of hydrogen-bond donors (Lipinski definition) is 0. The zero-order chi connectivity index (χ0) is 21.2. The molecule has 4 nitrogen and oxygen atoms in total. The van der Waals surface area contributed by atoms with Gasteiger partial charge in [-0.1, -0.05) is 47.5 Å². The summed E-state index contributed by atoms with van der Waals surface area (Å²) in [5, 5.41) is 5.81. The van der Waals surface area contributed by atoms with Gasteiger partial charge < -0.3 is 4.90 Å². The molecule has 160 valence electrons. The molecule has 0 saturated carbocycles. The van der Waals surface area contributed by atoms with E-state index < -0.39 is 0 Å². The van der Waals surface area contributed by atoms with Crippen LogP contribution >= 0.6 is 23.2 Å². The summed E-state index contributed by atoms with van der Waals surface area (Å²) in [6, 6.07) is 16.4. The molecule has 1 fully saturated rings. The van der Waals surface area contributed by atoms with E-state index in [4.69, 9.17) is 23.2 Å². The Labute approximate surface area is 193 Å². The van der Waals surface area contributed by atoms with Crippen LogP contribution in [0.1, 0.15) is 24.1 Å². The van der Waals surface area contributed by atoms with E-state index in [1.54, 1.807) is 0 Å². The van der Waals surface area contributed by atoms with Gasteiger partial charge in [0, 0.05) is 44.0 Å². The van der Waals surface area contributed by atoms with Gasteiger partial charge in [0.25, 0.3) is 0 Å². The predicted molar refractivity (Wildman–Crippen MR) is 130 cm³/mol. The van der Waals surface area contributed by atoms with Crippen LogP contribution in [-0.4, -0.2) is 47.4 Å². The molecule has 1 saturated heterocycles. The van der Waals surface area contributed by atoms with Crippen molar-refractivity contribution < 1.29 is 0 Å². The van der Waals surface area contributed by atoms with Crippen LogP contribution in [0.15, 0.2) is 60.8 Å². The van der Waals surface area contributed by atoms with Crippen LogP contribution in [0.25, 0.3) is 11.3 Å². The number of allylic oxidation sites excluding steroid dienone is 1. The van der Waals surface area contributed by atoms with E-state index in [1.165, 1.54) is 22.5 Å². The summed E-state index contributed by atoms with van der Waals surface area (Å²) >= 11 is 12.3. The van der Waals surface area contributed by atoms with Crippen molar-refractivity contribution in [3.8, 4) is 5.69 Å². The highest BCUT2D eigenvalue weighted by atomic mass is 35.5. The van der Waals surface area contributed by atoms with Crippen LogP contribution in [0.2, 0.25) is 10.0 Å². The summed E-state index contributed by atoms with van der Waals surface area (Å²) in [6.07, 6.45) is 7.72. The SMILES string of the molecule is Clc1ccc(-n2ncc3c2CCCC3=CCN2CCN(c3ccccc3)CC2)cc1Cl. The van der Waals surface area contributed by atoms with Crippen molar-refractivity contribution in [2.75, 3.05) is 37.6 Å². The van der Waals surface area contributed by atoms with Crippen LogP contribution < -0.4 is 4.90 Å². The first-order chi connectivity index (χ1) is 15.2. The monoisotopic (exact) mass is 452 g/mol. The highest BCUT2D eigenvalue weighted by Crippen LogP contribution is 2.33. The van der Waals surface area contributed by atoms with E-state index in [2.05, 4.69) is 51.3 Å². The molecule has 5 rings (SSSR count). The predicted octanol–water partition coefficient (Wildman–Crippen LogP) is 5.72. The van der Waals surface area contributed by atoms with Gasteiger partial charge in [-0.25, -0.2) is 4.68 Å². The first-order valence-electron chi connectivity index (χ1n) is 10.9. The first-order valence-corrected chi connectivity index (χ1v) is 11.7. The number of piperazine rings is 1. The number of anilines is 1. The highest BCUT2D eigenvalue weighted by Gasteiger charge is 2.21. The fourth-order valence-electron chi connectivity index (χ4n) is 4.58. The fourth-order valence-corrected chi connectivity index (χ4v) is 4.87. The maximum absolute atomic E-state index is 6.23. The Morgan fingerprint density at radius 3 is 2.45 bits per heavy atom. The van der Waals surface area contributed by atoms with Gasteiger partial charge in [-0.05, 0) is 55.2 Å². The van der Waals surface area contributed by atoms with Crippen LogP contribution in [0.4, 0.5) is 5.69 Å². The quantitative estimate of drug-likeness (QED) is 0.505. The summed E-state index contributed by atoms with van der Waals surface area (Å²) in [5.41, 5.74) is 6.25. The molecule has 0 spiro atoms. The molecule has 1 aliphatic heterocycles. The Kier molecular flexibility index (Phi) is 6.04. The third kappa shape index (κ3) is 4.38. The van der Waals surface area contributed by atoms with Crippen LogP contribution in [-0.2, 0) is 6.42 Å². The standard InChI is InChI=1S/C25H26Cl2N4/c26-23-10-9-21(17-24(23)27)31-25-8-4-5-19(22(25)18-28-31)11-12-29-13-15-30(16-14-29)20-6-2-1-3-7-20/h1-3,6-7,9-11,17-18H,4-5,8,12-16H2. The molecule has 0 unspecified atom stereocenters. The van der Waals surface area contributed by atoms with E-state index in [0.29, 0.717) is 10.0 Å². The average molecular weight is 453 g/mol. The molecular formula is C25H26Cl2N4. The number of halogens is 2. The molecular weight excluding hydrogens is 427 g/mol. The third-order valence-corrected chi connectivity index (χ3v) is 7.05. The lowest BCUT2D eigenvalue weighted by atomic mass is 9.92. The second kappa shape index (κ2) is 9.07. The molecule has 2 aromatic carbocycles. The number of hydrogen-bond acceptors (Lipinski definition) is 3. The molecule has 0 N–H and O–H groups in total. The number of nitrogens with zero attached hydrogens (tertiary/aromatic N) is 4. The Bertz CT molecular complexity index is 1080. The van der Waals surface area contributed by atoms with E-state index in [1.807, 2.05) is 29.1 Å². The summed E-state index contributed by atoms with van der Waals surface area (Å²) in [7, 11) is 0. The Morgan fingerprint density at radius 1 is 0.871 bits per heavy atom.